The summed E-state index contributed by atoms with van der Waals surface area (Å²) < 4.78 is 5.32. The third-order valence-corrected chi connectivity index (χ3v) is 6.45. The van der Waals surface area contributed by atoms with Gasteiger partial charge in [0.05, 0.1) is 5.56 Å². The van der Waals surface area contributed by atoms with Gasteiger partial charge in [0.1, 0.15) is 5.00 Å². The van der Waals surface area contributed by atoms with E-state index in [9.17, 15) is 19.2 Å². The van der Waals surface area contributed by atoms with E-state index in [1.165, 1.54) is 18.3 Å². The highest BCUT2D eigenvalue weighted by Crippen LogP contribution is 2.34. The van der Waals surface area contributed by atoms with E-state index in [-0.39, 0.29) is 17.5 Å². The van der Waals surface area contributed by atoms with E-state index in [0.29, 0.717) is 10.6 Å². The van der Waals surface area contributed by atoms with Gasteiger partial charge in [-0.2, -0.15) is 0 Å². The van der Waals surface area contributed by atoms with Crippen LogP contribution in [0.4, 0.5) is 9.80 Å². The molecule has 9 heteroatoms. The largest absolute Gasteiger partial charge is 0.449 e. The van der Waals surface area contributed by atoms with Gasteiger partial charge >= 0.3 is 12.0 Å². The number of thiophene rings is 1. The Morgan fingerprint density at radius 1 is 1.06 bits per heavy atom. The van der Waals surface area contributed by atoms with Crippen LogP contribution in [0.5, 0.6) is 0 Å². The second-order valence-electron chi connectivity index (χ2n) is 9.04. The number of esters is 1. The lowest BCUT2D eigenvalue weighted by molar-refractivity contribution is -0.128. The fourth-order valence-corrected chi connectivity index (χ4v) is 4.25. The first-order valence-corrected chi connectivity index (χ1v) is 11.5. The highest BCUT2D eigenvalue weighted by atomic mass is 32.1. The average Bonchev–Trinajstić information content (AvgIpc) is 2.95. The first-order valence-electron chi connectivity index (χ1n) is 10.6. The summed E-state index contributed by atoms with van der Waals surface area (Å²) in [6.07, 6.45) is 3.89. The standard InChI is InChI=1S/C22H33N3O5S/c1-12-14(3)31-18(25-20(28)22(4,5)6)16(12)19(27)30-13(2)17(26)24-21(29)23-15-10-8-7-9-11-15/h13,15H,7-11H2,1-6H3,(H,25,28)(H2,23,24,26,29). The highest BCUT2D eigenvalue weighted by molar-refractivity contribution is 7.16. The van der Waals surface area contributed by atoms with Crippen LogP contribution in [0, 0.1) is 19.3 Å². The van der Waals surface area contributed by atoms with Crippen molar-refractivity contribution in [3.63, 3.8) is 0 Å². The van der Waals surface area contributed by atoms with Gasteiger partial charge in [-0.25, -0.2) is 9.59 Å². The van der Waals surface area contributed by atoms with Crippen molar-refractivity contribution in [2.75, 3.05) is 5.32 Å². The molecule has 1 heterocycles. The molecule has 0 radical (unpaired) electrons. The van der Waals surface area contributed by atoms with Crippen molar-refractivity contribution < 1.29 is 23.9 Å². The summed E-state index contributed by atoms with van der Waals surface area (Å²) in [5, 5.41) is 8.21. The first-order chi connectivity index (χ1) is 14.4. The zero-order chi connectivity index (χ0) is 23.3. The molecule has 1 aliphatic rings. The first kappa shape index (κ1) is 24.8. The number of urea groups is 1. The lowest BCUT2D eigenvalue weighted by Crippen LogP contribution is -2.48. The molecule has 31 heavy (non-hydrogen) atoms. The molecular weight excluding hydrogens is 418 g/mol. The van der Waals surface area contributed by atoms with Crippen molar-refractivity contribution in [1.82, 2.24) is 10.6 Å². The maximum atomic E-state index is 12.8. The van der Waals surface area contributed by atoms with E-state index in [1.807, 2.05) is 6.92 Å². The monoisotopic (exact) mass is 451 g/mol. The van der Waals surface area contributed by atoms with Crippen LogP contribution in [0.1, 0.15) is 80.6 Å². The summed E-state index contributed by atoms with van der Waals surface area (Å²) in [6, 6.07) is -0.523. The van der Waals surface area contributed by atoms with Crippen LogP contribution in [0.15, 0.2) is 0 Å². The Morgan fingerprint density at radius 3 is 2.26 bits per heavy atom. The molecule has 1 aromatic rings. The minimum atomic E-state index is -1.17. The van der Waals surface area contributed by atoms with Crippen LogP contribution >= 0.6 is 11.3 Å². The van der Waals surface area contributed by atoms with E-state index in [0.717, 1.165) is 37.0 Å². The van der Waals surface area contributed by atoms with E-state index in [1.54, 1.807) is 27.7 Å². The topological polar surface area (TPSA) is 114 Å². The number of amides is 4. The fourth-order valence-electron chi connectivity index (χ4n) is 3.21. The van der Waals surface area contributed by atoms with E-state index in [4.69, 9.17) is 4.74 Å². The van der Waals surface area contributed by atoms with Crippen LogP contribution in [0.2, 0.25) is 0 Å². The molecule has 1 unspecified atom stereocenters. The third kappa shape index (κ3) is 6.78. The lowest BCUT2D eigenvalue weighted by atomic mass is 9.96. The van der Waals surface area contributed by atoms with Crippen molar-refractivity contribution >= 4 is 40.2 Å². The molecular formula is C22H33N3O5S. The van der Waals surface area contributed by atoms with Gasteiger partial charge in [-0.15, -0.1) is 11.3 Å². The summed E-state index contributed by atoms with van der Waals surface area (Å²) in [5.74, 6) is -1.65. The minimum Gasteiger partial charge on any atom is -0.449 e. The van der Waals surface area contributed by atoms with Crippen LogP contribution < -0.4 is 16.0 Å². The fraction of sp³-hybridized carbons (Fsp3) is 0.636. The van der Waals surface area contributed by atoms with Crippen LogP contribution in [-0.4, -0.2) is 36.0 Å². The Hall–Kier alpha value is -2.42. The number of rotatable bonds is 5. The number of anilines is 1. The molecule has 1 fully saturated rings. The van der Waals surface area contributed by atoms with Crippen molar-refractivity contribution in [2.24, 2.45) is 5.41 Å². The average molecular weight is 452 g/mol. The summed E-state index contributed by atoms with van der Waals surface area (Å²) in [4.78, 5) is 50.5. The van der Waals surface area contributed by atoms with Crippen molar-refractivity contribution in [3.8, 4) is 0 Å². The van der Waals surface area contributed by atoms with Crippen LogP contribution in [0.3, 0.4) is 0 Å². The van der Waals surface area contributed by atoms with Crippen molar-refractivity contribution in [1.29, 1.82) is 0 Å². The normalized spacial score (nSPS) is 15.7. The number of aryl methyl sites for hydroxylation is 1. The molecule has 0 spiro atoms. The number of hydrogen-bond donors (Lipinski definition) is 3. The molecule has 1 aliphatic carbocycles. The summed E-state index contributed by atoms with van der Waals surface area (Å²) in [7, 11) is 0. The Morgan fingerprint density at radius 2 is 1.68 bits per heavy atom. The predicted molar refractivity (Wildman–Crippen MR) is 120 cm³/mol. The van der Waals surface area contributed by atoms with Crippen molar-refractivity contribution in [3.05, 3.63) is 16.0 Å². The molecule has 0 bridgehead atoms. The van der Waals surface area contributed by atoms with Gasteiger partial charge < -0.3 is 15.4 Å². The Kier molecular flexibility index (Phi) is 8.22. The van der Waals surface area contributed by atoms with Crippen molar-refractivity contribution in [2.45, 2.75) is 85.8 Å². The second kappa shape index (κ2) is 10.3. The molecule has 2 rings (SSSR count). The molecule has 172 valence electrons. The third-order valence-electron chi connectivity index (χ3n) is 5.33. The lowest BCUT2D eigenvalue weighted by Gasteiger charge is -2.23. The Labute approximate surface area is 187 Å². The molecule has 8 nitrogen and oxygen atoms in total. The summed E-state index contributed by atoms with van der Waals surface area (Å²) >= 11 is 1.28. The smallest absolute Gasteiger partial charge is 0.342 e. The number of imide groups is 1. The zero-order valence-electron chi connectivity index (χ0n) is 19.1. The molecule has 3 N–H and O–H groups in total. The second-order valence-corrected chi connectivity index (χ2v) is 10.3. The Bertz CT molecular complexity index is 850. The number of hydrogen-bond acceptors (Lipinski definition) is 6. The zero-order valence-corrected chi connectivity index (χ0v) is 20.0. The van der Waals surface area contributed by atoms with Gasteiger partial charge in [0.15, 0.2) is 6.10 Å². The van der Waals surface area contributed by atoms with Gasteiger partial charge in [-0.3, -0.25) is 14.9 Å². The SMILES string of the molecule is Cc1sc(NC(=O)C(C)(C)C)c(C(=O)OC(C)C(=O)NC(=O)NC2CCCCC2)c1C. The van der Waals surface area contributed by atoms with E-state index in [2.05, 4.69) is 16.0 Å². The number of ether oxygens (including phenoxy) is 1. The number of carbonyl (C=O) groups is 4. The van der Waals surface area contributed by atoms with Gasteiger partial charge in [-0.1, -0.05) is 40.0 Å². The molecule has 1 aromatic heterocycles. The number of carbonyl (C=O) groups excluding carboxylic acids is 4. The maximum absolute atomic E-state index is 12.8. The molecule has 1 atom stereocenters. The number of nitrogens with one attached hydrogen (secondary N) is 3. The minimum absolute atomic E-state index is 0.0600. The molecule has 4 amide bonds. The van der Waals surface area contributed by atoms with E-state index < -0.39 is 29.4 Å². The predicted octanol–water partition coefficient (Wildman–Crippen LogP) is 4.05. The highest BCUT2D eigenvalue weighted by Gasteiger charge is 2.29. The maximum Gasteiger partial charge on any atom is 0.342 e. The van der Waals surface area contributed by atoms with Crippen LogP contribution in [0.25, 0.3) is 0 Å². The van der Waals surface area contributed by atoms with Gasteiger partial charge in [0.25, 0.3) is 5.91 Å². The Balaban J connectivity index is 2.00. The summed E-state index contributed by atoms with van der Waals surface area (Å²) in [6.45, 7) is 10.3. The summed E-state index contributed by atoms with van der Waals surface area (Å²) in [5.41, 5.74) is 0.277. The molecule has 0 aromatic carbocycles. The van der Waals surface area contributed by atoms with Crippen LogP contribution in [-0.2, 0) is 14.3 Å². The van der Waals surface area contributed by atoms with Gasteiger partial charge in [0.2, 0.25) is 5.91 Å². The van der Waals surface area contributed by atoms with Gasteiger partial charge in [0, 0.05) is 16.3 Å². The molecule has 0 aliphatic heterocycles. The quantitative estimate of drug-likeness (QED) is 0.585. The molecule has 0 saturated heterocycles. The van der Waals surface area contributed by atoms with Gasteiger partial charge in [-0.05, 0) is 39.2 Å². The van der Waals surface area contributed by atoms with E-state index >= 15 is 0 Å². The molecule has 1 saturated carbocycles.